The van der Waals surface area contributed by atoms with Crippen molar-refractivity contribution in [1.82, 2.24) is 10.6 Å². The van der Waals surface area contributed by atoms with Gasteiger partial charge in [-0.05, 0) is 69.0 Å². The molecule has 2 aliphatic rings. The molecule has 7 rings (SSSR count). The highest BCUT2D eigenvalue weighted by molar-refractivity contribution is 5.95. The number of carboxylic acids is 2. The van der Waals surface area contributed by atoms with Crippen molar-refractivity contribution in [2.45, 2.75) is 69.6 Å². The molecular formula is C50H52N2O8. The van der Waals surface area contributed by atoms with Gasteiger partial charge in [0, 0.05) is 24.8 Å². The molecule has 310 valence electrons. The summed E-state index contributed by atoms with van der Waals surface area (Å²) in [5.41, 5.74) is 9.79. The fourth-order valence-corrected chi connectivity index (χ4v) is 7.91. The van der Waals surface area contributed by atoms with Gasteiger partial charge in [-0.25, -0.2) is 14.4 Å². The van der Waals surface area contributed by atoms with Crippen molar-refractivity contribution in [3.63, 3.8) is 0 Å². The van der Waals surface area contributed by atoms with Gasteiger partial charge in [0.1, 0.15) is 18.9 Å². The van der Waals surface area contributed by atoms with Gasteiger partial charge in [-0.15, -0.1) is 0 Å². The van der Waals surface area contributed by atoms with E-state index in [1.807, 2.05) is 66.7 Å². The molecule has 4 N–H and O–H groups in total. The van der Waals surface area contributed by atoms with Crippen LogP contribution in [0.15, 0.2) is 133 Å². The standard InChI is InChI=1S/C26H33NO4.C24H19NO4/c28-25(29)17-7-5-3-1-2-4-6-12-18-27-26(30)31-19-24-22-15-10-8-13-20(22)21-14-9-11-16-23(21)24;26-23(27)22(14-16-8-2-1-3-9-16)25-24(28)29-15-21-19-12-6-4-10-17(19)18-11-5-7-13-20(18)21/h8-11,13-16,24H,1-7,12,17-19H2,(H,27,30)(H,28,29);1-14,21H,15H2,(H,25,28)(H,26,27). The summed E-state index contributed by atoms with van der Waals surface area (Å²) in [5, 5.41) is 23.2. The molecule has 10 heteroatoms. The molecule has 0 spiro atoms. The van der Waals surface area contributed by atoms with E-state index in [2.05, 4.69) is 47.0 Å². The minimum Gasteiger partial charge on any atom is -0.481 e. The zero-order valence-electron chi connectivity index (χ0n) is 33.7. The lowest BCUT2D eigenvalue weighted by Gasteiger charge is -2.14. The number of rotatable bonds is 18. The third kappa shape index (κ3) is 11.7. The number of benzene rings is 5. The SMILES string of the molecule is O=C(NC(=Cc1ccccc1)C(=O)O)OCC1c2ccccc2-c2ccccc21.O=C(O)CCCCCCCCCCNC(=O)OCC1c2ccccc2-c2ccccc21. The number of hydrogen-bond donors (Lipinski definition) is 4. The van der Waals surface area contributed by atoms with Crippen molar-refractivity contribution in [3.8, 4) is 22.3 Å². The number of aliphatic carboxylic acids is 2. The van der Waals surface area contributed by atoms with Gasteiger partial charge in [-0.3, -0.25) is 10.1 Å². The fourth-order valence-electron chi connectivity index (χ4n) is 7.91. The first-order chi connectivity index (χ1) is 29.3. The zero-order valence-corrected chi connectivity index (χ0v) is 33.7. The number of ether oxygens (including phenoxy) is 2. The smallest absolute Gasteiger partial charge is 0.411 e. The van der Waals surface area contributed by atoms with Crippen LogP contribution in [0.3, 0.4) is 0 Å². The van der Waals surface area contributed by atoms with Crippen molar-refractivity contribution < 1.29 is 38.9 Å². The van der Waals surface area contributed by atoms with E-state index >= 15 is 0 Å². The highest BCUT2D eigenvalue weighted by Crippen LogP contribution is 2.45. The van der Waals surface area contributed by atoms with E-state index in [1.54, 1.807) is 24.3 Å². The van der Waals surface area contributed by atoms with Crippen LogP contribution >= 0.6 is 0 Å². The van der Waals surface area contributed by atoms with E-state index in [-0.39, 0.29) is 36.7 Å². The van der Waals surface area contributed by atoms with Crippen LogP contribution in [0.1, 0.15) is 97.4 Å². The van der Waals surface area contributed by atoms with Crippen LogP contribution < -0.4 is 10.6 Å². The van der Waals surface area contributed by atoms with Gasteiger partial charge in [-0.2, -0.15) is 0 Å². The van der Waals surface area contributed by atoms with Gasteiger partial charge >= 0.3 is 24.1 Å². The number of hydrogen-bond acceptors (Lipinski definition) is 6. The molecule has 2 aliphatic carbocycles. The van der Waals surface area contributed by atoms with Crippen LogP contribution in [-0.4, -0.2) is 54.1 Å². The van der Waals surface area contributed by atoms with E-state index in [0.717, 1.165) is 73.6 Å². The molecular weight excluding hydrogens is 757 g/mol. The molecule has 0 atom stereocenters. The summed E-state index contributed by atoms with van der Waals surface area (Å²) in [6.45, 7) is 1.11. The third-order valence-corrected chi connectivity index (χ3v) is 10.9. The van der Waals surface area contributed by atoms with Crippen LogP contribution in [0.2, 0.25) is 0 Å². The van der Waals surface area contributed by atoms with E-state index < -0.39 is 18.0 Å². The number of amides is 2. The molecule has 0 aromatic heterocycles. The Morgan fingerprint density at radius 2 is 0.900 bits per heavy atom. The first-order valence-electron chi connectivity index (χ1n) is 20.7. The molecule has 0 aliphatic heterocycles. The van der Waals surface area contributed by atoms with Crippen LogP contribution in [0.25, 0.3) is 28.3 Å². The van der Waals surface area contributed by atoms with Crippen LogP contribution in [0.5, 0.6) is 0 Å². The summed E-state index contributed by atoms with van der Waals surface area (Å²) in [7, 11) is 0. The molecule has 0 saturated heterocycles. The summed E-state index contributed by atoms with van der Waals surface area (Å²) >= 11 is 0. The van der Waals surface area contributed by atoms with Crippen LogP contribution in [0.4, 0.5) is 9.59 Å². The summed E-state index contributed by atoms with van der Waals surface area (Å²) in [4.78, 5) is 46.4. The zero-order chi connectivity index (χ0) is 42.1. The van der Waals surface area contributed by atoms with Gasteiger partial charge in [-0.1, -0.05) is 166 Å². The minimum absolute atomic E-state index is 0.0838. The van der Waals surface area contributed by atoms with E-state index in [9.17, 15) is 24.3 Å². The second-order valence-corrected chi connectivity index (χ2v) is 14.9. The second-order valence-electron chi connectivity index (χ2n) is 14.9. The summed E-state index contributed by atoms with van der Waals surface area (Å²) in [5.74, 6) is -1.93. The van der Waals surface area contributed by atoms with E-state index in [4.69, 9.17) is 14.6 Å². The number of nitrogens with one attached hydrogen (secondary N) is 2. The number of fused-ring (bicyclic) bond motifs is 6. The maximum atomic E-state index is 12.3. The Morgan fingerprint density at radius 3 is 1.35 bits per heavy atom. The number of carbonyl (C=O) groups is 4. The molecule has 5 aromatic carbocycles. The van der Waals surface area contributed by atoms with Crippen LogP contribution in [-0.2, 0) is 19.1 Å². The second kappa shape index (κ2) is 21.9. The predicted molar refractivity (Wildman–Crippen MR) is 233 cm³/mol. The van der Waals surface area contributed by atoms with Crippen molar-refractivity contribution >= 4 is 30.2 Å². The highest BCUT2D eigenvalue weighted by Gasteiger charge is 2.30. The monoisotopic (exact) mass is 808 g/mol. The number of carboxylic acid groups (broad SMARTS) is 2. The number of unbranched alkanes of at least 4 members (excludes halogenated alkanes) is 7. The molecule has 0 fully saturated rings. The van der Waals surface area contributed by atoms with Gasteiger partial charge in [0.05, 0.1) is 0 Å². The highest BCUT2D eigenvalue weighted by atomic mass is 16.6. The Morgan fingerprint density at radius 1 is 0.500 bits per heavy atom. The van der Waals surface area contributed by atoms with Crippen LogP contribution in [0, 0.1) is 0 Å². The van der Waals surface area contributed by atoms with Gasteiger partial charge < -0.3 is 25.0 Å². The fraction of sp³-hybridized carbons (Fsp3) is 0.280. The first kappa shape index (κ1) is 42.9. The lowest BCUT2D eigenvalue weighted by atomic mass is 9.98. The Labute approximate surface area is 351 Å². The predicted octanol–water partition coefficient (Wildman–Crippen LogP) is 10.8. The molecule has 0 heterocycles. The lowest BCUT2D eigenvalue weighted by Crippen LogP contribution is -2.29. The topological polar surface area (TPSA) is 151 Å². The molecule has 0 unspecified atom stereocenters. The Kier molecular flexibility index (Phi) is 15.7. The molecule has 0 radical (unpaired) electrons. The number of alkyl carbamates (subject to hydrolysis) is 2. The van der Waals surface area contributed by atoms with Crippen molar-refractivity contribution in [2.75, 3.05) is 19.8 Å². The molecule has 0 bridgehead atoms. The van der Waals surface area contributed by atoms with E-state index in [1.165, 1.54) is 28.3 Å². The molecule has 10 nitrogen and oxygen atoms in total. The van der Waals surface area contributed by atoms with Gasteiger partial charge in [0.2, 0.25) is 0 Å². The molecule has 2 amide bonds. The summed E-state index contributed by atoms with van der Waals surface area (Å²) in [6, 6.07) is 41.6. The van der Waals surface area contributed by atoms with Crippen molar-refractivity contribution in [3.05, 3.63) is 161 Å². The number of carbonyl (C=O) groups excluding carboxylic acids is 2. The maximum Gasteiger partial charge on any atom is 0.411 e. The normalized spacial score (nSPS) is 12.5. The first-order valence-corrected chi connectivity index (χ1v) is 20.7. The lowest BCUT2D eigenvalue weighted by molar-refractivity contribution is -0.137. The summed E-state index contributed by atoms with van der Waals surface area (Å²) < 4.78 is 11.0. The maximum absolute atomic E-state index is 12.3. The Balaban J connectivity index is 0.000000202. The van der Waals surface area contributed by atoms with Gasteiger partial charge in [0.15, 0.2) is 0 Å². The average Bonchev–Trinajstić information content (AvgIpc) is 3.76. The van der Waals surface area contributed by atoms with Gasteiger partial charge in [0.25, 0.3) is 0 Å². The molecule has 5 aromatic rings. The average molecular weight is 809 g/mol. The third-order valence-electron chi connectivity index (χ3n) is 10.9. The minimum atomic E-state index is -1.23. The largest absolute Gasteiger partial charge is 0.481 e. The quantitative estimate of drug-likeness (QED) is 0.0504. The van der Waals surface area contributed by atoms with E-state index in [0.29, 0.717) is 18.7 Å². The molecule has 60 heavy (non-hydrogen) atoms. The van der Waals surface area contributed by atoms with Crippen molar-refractivity contribution in [1.29, 1.82) is 0 Å². The molecule has 0 saturated carbocycles. The van der Waals surface area contributed by atoms with Crippen molar-refractivity contribution in [2.24, 2.45) is 0 Å². The summed E-state index contributed by atoms with van der Waals surface area (Å²) in [6.07, 6.45) is 8.90. The Hall–Kier alpha value is -6.68. The Bertz CT molecular complexity index is 2180.